The second-order valence-corrected chi connectivity index (χ2v) is 8.26. The summed E-state index contributed by atoms with van der Waals surface area (Å²) >= 11 is 6.12. The molecule has 0 saturated heterocycles. The molecule has 4 rings (SSSR count). The van der Waals surface area contributed by atoms with Gasteiger partial charge in [0.15, 0.2) is 0 Å². The van der Waals surface area contributed by atoms with E-state index in [9.17, 15) is 5.11 Å². The maximum absolute atomic E-state index is 10.1. The third-order valence-corrected chi connectivity index (χ3v) is 6.22. The fourth-order valence-corrected chi connectivity index (χ4v) is 4.41. The van der Waals surface area contributed by atoms with Crippen molar-refractivity contribution >= 4 is 47.3 Å². The first kappa shape index (κ1) is 25.5. The number of nitrogens with one attached hydrogen (secondary N) is 1. The number of nitrogens with zero attached hydrogens (tertiary/aromatic N) is 1. The van der Waals surface area contributed by atoms with E-state index in [1.807, 2.05) is 36.5 Å². The first-order valence-electron chi connectivity index (χ1n) is 9.91. The Morgan fingerprint density at radius 1 is 1.16 bits per heavy atom. The summed E-state index contributed by atoms with van der Waals surface area (Å²) in [6, 6.07) is 13.5. The minimum absolute atomic E-state index is 0. The van der Waals surface area contributed by atoms with Crippen LogP contribution in [0, 0.1) is 0 Å². The zero-order chi connectivity index (χ0) is 20.4. The second kappa shape index (κ2) is 10.7. The Balaban J connectivity index is 0.00000171. The van der Waals surface area contributed by atoms with Crippen LogP contribution in [0.5, 0.6) is 11.5 Å². The van der Waals surface area contributed by atoms with Crippen molar-refractivity contribution in [2.45, 2.75) is 43.8 Å². The third-order valence-electron chi connectivity index (χ3n) is 5.99. The molecule has 1 aromatic heterocycles. The summed E-state index contributed by atoms with van der Waals surface area (Å²) in [5.74, 6) is 1.03. The van der Waals surface area contributed by atoms with E-state index >= 15 is 0 Å². The molecule has 1 aliphatic carbocycles. The fraction of sp³-hybridized carbons (Fsp3) is 0.348. The predicted molar refractivity (Wildman–Crippen MR) is 131 cm³/mol. The van der Waals surface area contributed by atoms with Crippen LogP contribution >= 0.6 is 36.4 Å². The molecule has 2 aromatic carbocycles. The number of benzene rings is 2. The molecule has 5 nitrogen and oxygen atoms in total. The van der Waals surface area contributed by atoms with E-state index in [0.717, 1.165) is 53.5 Å². The van der Waals surface area contributed by atoms with Gasteiger partial charge in [-0.2, -0.15) is 0 Å². The average molecular weight is 485 g/mol. The van der Waals surface area contributed by atoms with Crippen molar-refractivity contribution < 1.29 is 9.84 Å². The van der Waals surface area contributed by atoms with Crippen LogP contribution in [0.3, 0.4) is 0 Å². The SMILES string of the molecule is COc1ccc(O)c(CNC2CCC(N)(c3ccnc4cc(Cl)ccc34)CC2)c1.Cl.Cl. The van der Waals surface area contributed by atoms with E-state index in [-0.39, 0.29) is 36.1 Å². The van der Waals surface area contributed by atoms with Crippen molar-refractivity contribution in [2.75, 3.05) is 7.11 Å². The van der Waals surface area contributed by atoms with Crippen LogP contribution in [0.25, 0.3) is 10.9 Å². The molecule has 1 aliphatic rings. The average Bonchev–Trinajstić information content (AvgIpc) is 2.73. The van der Waals surface area contributed by atoms with Crippen LogP contribution in [0.2, 0.25) is 5.02 Å². The van der Waals surface area contributed by atoms with Crippen LogP contribution in [0.4, 0.5) is 0 Å². The number of phenols is 1. The first-order valence-corrected chi connectivity index (χ1v) is 10.3. The van der Waals surface area contributed by atoms with Crippen molar-refractivity contribution in [1.29, 1.82) is 0 Å². The number of nitrogens with two attached hydrogens (primary N) is 1. The van der Waals surface area contributed by atoms with Gasteiger partial charge in [-0.1, -0.05) is 17.7 Å². The highest BCUT2D eigenvalue weighted by atomic mass is 35.5. The summed E-state index contributed by atoms with van der Waals surface area (Å²) in [5, 5.41) is 15.4. The lowest BCUT2D eigenvalue weighted by Gasteiger charge is -2.38. The van der Waals surface area contributed by atoms with Gasteiger partial charge in [-0.3, -0.25) is 4.98 Å². The lowest BCUT2D eigenvalue weighted by molar-refractivity contribution is 0.252. The highest BCUT2D eigenvalue weighted by molar-refractivity contribution is 6.31. The smallest absolute Gasteiger partial charge is 0.120 e. The number of hydrogen-bond donors (Lipinski definition) is 3. The minimum atomic E-state index is -0.370. The van der Waals surface area contributed by atoms with Gasteiger partial charge in [-0.25, -0.2) is 0 Å². The van der Waals surface area contributed by atoms with Crippen LogP contribution in [0.15, 0.2) is 48.7 Å². The predicted octanol–water partition coefficient (Wildman–Crippen LogP) is 5.33. The highest BCUT2D eigenvalue weighted by Gasteiger charge is 2.34. The molecule has 0 atom stereocenters. The van der Waals surface area contributed by atoms with Crippen LogP contribution in [-0.4, -0.2) is 23.2 Å². The number of pyridine rings is 1. The van der Waals surface area contributed by atoms with E-state index < -0.39 is 0 Å². The number of aromatic hydroxyl groups is 1. The number of aromatic nitrogens is 1. The molecule has 168 valence electrons. The zero-order valence-corrected chi connectivity index (χ0v) is 19.7. The quantitative estimate of drug-likeness (QED) is 0.456. The number of hydrogen-bond acceptors (Lipinski definition) is 5. The van der Waals surface area contributed by atoms with E-state index in [1.165, 1.54) is 0 Å². The molecule has 1 saturated carbocycles. The van der Waals surface area contributed by atoms with E-state index in [0.29, 0.717) is 17.6 Å². The second-order valence-electron chi connectivity index (χ2n) is 7.83. The van der Waals surface area contributed by atoms with Crippen molar-refractivity contribution in [3.8, 4) is 11.5 Å². The first-order chi connectivity index (χ1) is 14.0. The molecule has 1 fully saturated rings. The lowest BCUT2D eigenvalue weighted by Crippen LogP contribution is -2.45. The van der Waals surface area contributed by atoms with Gasteiger partial charge in [-0.15, -0.1) is 24.8 Å². The van der Waals surface area contributed by atoms with Gasteiger partial charge in [0.25, 0.3) is 0 Å². The van der Waals surface area contributed by atoms with Gasteiger partial charge in [-0.05, 0) is 67.6 Å². The van der Waals surface area contributed by atoms with Crippen molar-refractivity contribution in [3.05, 3.63) is 64.8 Å². The normalized spacial score (nSPS) is 20.5. The number of rotatable bonds is 5. The van der Waals surface area contributed by atoms with Crippen LogP contribution < -0.4 is 15.8 Å². The number of methoxy groups -OCH3 is 1. The molecular formula is C23H28Cl3N3O2. The number of phenolic OH excluding ortho intramolecular Hbond substituents is 1. The Morgan fingerprint density at radius 3 is 2.61 bits per heavy atom. The molecule has 8 heteroatoms. The van der Waals surface area contributed by atoms with E-state index in [2.05, 4.69) is 10.3 Å². The minimum Gasteiger partial charge on any atom is -0.508 e. The van der Waals surface area contributed by atoms with Crippen molar-refractivity contribution in [1.82, 2.24) is 10.3 Å². The van der Waals surface area contributed by atoms with Crippen molar-refractivity contribution in [2.24, 2.45) is 5.73 Å². The Labute approximate surface area is 200 Å². The van der Waals surface area contributed by atoms with Gasteiger partial charge in [0.1, 0.15) is 11.5 Å². The van der Waals surface area contributed by atoms with Crippen LogP contribution in [0.1, 0.15) is 36.8 Å². The summed E-state index contributed by atoms with van der Waals surface area (Å²) in [6.07, 6.45) is 5.53. The molecule has 0 bridgehead atoms. The van der Waals surface area contributed by atoms with Gasteiger partial charge in [0.2, 0.25) is 0 Å². The summed E-state index contributed by atoms with van der Waals surface area (Å²) in [7, 11) is 1.63. The zero-order valence-electron chi connectivity index (χ0n) is 17.3. The molecule has 0 radical (unpaired) electrons. The molecule has 0 amide bonds. The summed E-state index contributed by atoms with van der Waals surface area (Å²) in [5.41, 5.74) is 9.36. The number of fused-ring (bicyclic) bond motifs is 1. The molecule has 0 unspecified atom stereocenters. The van der Waals surface area contributed by atoms with Crippen molar-refractivity contribution in [3.63, 3.8) is 0 Å². The molecule has 4 N–H and O–H groups in total. The molecule has 1 heterocycles. The topological polar surface area (TPSA) is 80.4 Å². The van der Waals surface area contributed by atoms with Crippen LogP contribution in [-0.2, 0) is 12.1 Å². The van der Waals surface area contributed by atoms with Gasteiger partial charge in [0.05, 0.1) is 12.6 Å². The third kappa shape index (κ3) is 5.54. The Bertz CT molecular complexity index is 1020. The summed E-state index contributed by atoms with van der Waals surface area (Å²) < 4.78 is 5.25. The molecular weight excluding hydrogens is 457 g/mol. The van der Waals surface area contributed by atoms with Gasteiger partial charge < -0.3 is 20.9 Å². The van der Waals surface area contributed by atoms with E-state index in [4.69, 9.17) is 22.1 Å². The number of ether oxygens (including phenoxy) is 1. The Morgan fingerprint density at radius 2 is 1.90 bits per heavy atom. The maximum Gasteiger partial charge on any atom is 0.120 e. The fourth-order valence-electron chi connectivity index (χ4n) is 4.25. The monoisotopic (exact) mass is 483 g/mol. The molecule has 0 aliphatic heterocycles. The number of halogens is 3. The maximum atomic E-state index is 10.1. The Kier molecular flexibility index (Phi) is 8.81. The standard InChI is InChI=1S/C23H26ClN3O2.2ClH/c1-29-18-3-5-22(28)15(12-18)14-27-17-6-9-23(25,10-7-17)20-8-11-26-21-13-16(24)2-4-19(20)21;;/h2-5,8,11-13,17,27-28H,6-7,9-10,14,25H2,1H3;2*1H. The van der Waals surface area contributed by atoms with E-state index in [1.54, 1.807) is 19.2 Å². The summed E-state index contributed by atoms with van der Waals surface area (Å²) in [4.78, 5) is 4.44. The molecule has 3 aromatic rings. The lowest BCUT2D eigenvalue weighted by atomic mass is 9.74. The molecule has 31 heavy (non-hydrogen) atoms. The largest absolute Gasteiger partial charge is 0.508 e. The molecule has 0 spiro atoms. The Hall–Kier alpha value is -1.76. The van der Waals surface area contributed by atoms with Gasteiger partial charge >= 0.3 is 0 Å². The van der Waals surface area contributed by atoms with Gasteiger partial charge in [0, 0.05) is 40.3 Å². The summed E-state index contributed by atoms with van der Waals surface area (Å²) in [6.45, 7) is 0.599. The highest BCUT2D eigenvalue weighted by Crippen LogP contribution is 2.38.